The van der Waals surface area contributed by atoms with Crippen LogP contribution in [0.15, 0.2) is 54.6 Å². The standard InChI is InChI=1S/C23H26ClN3O3/c1-3-30-22(28)10-6-13-25-14-7-15-27-19-9-5-4-8-18(19)23(29)26(2)20-12-11-17(24)16-21(20)27/h4-6,8-12,16,25H,3,7,13-15H2,1-2H3/b10-6+. The van der Waals surface area contributed by atoms with Gasteiger partial charge in [0, 0.05) is 31.2 Å². The van der Waals surface area contributed by atoms with Gasteiger partial charge in [-0.15, -0.1) is 0 Å². The van der Waals surface area contributed by atoms with Crippen LogP contribution in [0.4, 0.5) is 17.1 Å². The molecule has 30 heavy (non-hydrogen) atoms. The van der Waals surface area contributed by atoms with E-state index in [1.807, 2.05) is 36.4 Å². The number of carbonyl (C=O) groups excluding carboxylic acids is 2. The molecule has 3 rings (SSSR count). The molecule has 7 heteroatoms. The number of para-hydroxylation sites is 1. The van der Waals surface area contributed by atoms with Crippen LogP contribution in [-0.4, -0.2) is 45.2 Å². The molecule has 1 aliphatic rings. The van der Waals surface area contributed by atoms with E-state index in [9.17, 15) is 9.59 Å². The minimum absolute atomic E-state index is 0.0427. The van der Waals surface area contributed by atoms with E-state index in [0.29, 0.717) is 30.3 Å². The Kier molecular flexibility index (Phi) is 7.49. The molecule has 0 aromatic heterocycles. The lowest BCUT2D eigenvalue weighted by Crippen LogP contribution is -2.25. The molecule has 1 amide bonds. The Morgan fingerprint density at radius 2 is 1.97 bits per heavy atom. The Bertz CT molecular complexity index is 945. The Hall–Kier alpha value is -2.83. The lowest BCUT2D eigenvalue weighted by Gasteiger charge is -2.27. The van der Waals surface area contributed by atoms with Crippen molar-refractivity contribution >= 4 is 40.5 Å². The number of hydrogen-bond donors (Lipinski definition) is 1. The average Bonchev–Trinajstić information content (AvgIpc) is 2.82. The molecular formula is C23H26ClN3O3. The van der Waals surface area contributed by atoms with Crippen LogP contribution in [0.25, 0.3) is 0 Å². The predicted octanol–water partition coefficient (Wildman–Crippen LogP) is 4.17. The fraction of sp³-hybridized carbons (Fsp3) is 0.304. The van der Waals surface area contributed by atoms with E-state index in [2.05, 4.69) is 10.2 Å². The van der Waals surface area contributed by atoms with Gasteiger partial charge in [-0.3, -0.25) is 4.79 Å². The predicted molar refractivity (Wildman–Crippen MR) is 121 cm³/mol. The van der Waals surface area contributed by atoms with Crippen molar-refractivity contribution in [2.45, 2.75) is 13.3 Å². The number of carbonyl (C=O) groups is 2. The van der Waals surface area contributed by atoms with Gasteiger partial charge in [0.1, 0.15) is 0 Å². The number of benzene rings is 2. The van der Waals surface area contributed by atoms with Gasteiger partial charge >= 0.3 is 5.97 Å². The van der Waals surface area contributed by atoms with Gasteiger partial charge in [0.15, 0.2) is 0 Å². The maximum atomic E-state index is 13.0. The number of rotatable bonds is 8. The zero-order chi connectivity index (χ0) is 21.5. The molecule has 1 aliphatic heterocycles. The summed E-state index contributed by atoms with van der Waals surface area (Å²) in [4.78, 5) is 28.1. The molecule has 0 radical (unpaired) electrons. The minimum atomic E-state index is -0.331. The van der Waals surface area contributed by atoms with Crippen molar-refractivity contribution in [3.05, 3.63) is 65.2 Å². The van der Waals surface area contributed by atoms with Crippen molar-refractivity contribution < 1.29 is 14.3 Å². The van der Waals surface area contributed by atoms with Gasteiger partial charge in [-0.25, -0.2) is 4.79 Å². The van der Waals surface area contributed by atoms with Gasteiger partial charge in [-0.05, 0) is 50.2 Å². The molecule has 2 aromatic rings. The molecule has 6 nitrogen and oxygen atoms in total. The second-order valence-corrected chi connectivity index (χ2v) is 7.31. The third-order valence-electron chi connectivity index (χ3n) is 4.86. The van der Waals surface area contributed by atoms with Gasteiger partial charge in [0.2, 0.25) is 0 Å². The van der Waals surface area contributed by atoms with Crippen molar-refractivity contribution in [3.8, 4) is 0 Å². The monoisotopic (exact) mass is 427 g/mol. The normalized spacial score (nSPS) is 13.2. The van der Waals surface area contributed by atoms with Gasteiger partial charge in [0.25, 0.3) is 5.91 Å². The molecule has 0 saturated heterocycles. The molecule has 0 fully saturated rings. The summed E-state index contributed by atoms with van der Waals surface area (Å²) in [5.74, 6) is -0.373. The second kappa shape index (κ2) is 10.3. The summed E-state index contributed by atoms with van der Waals surface area (Å²) in [6.45, 7) is 4.20. The van der Waals surface area contributed by atoms with Gasteiger partial charge in [0.05, 0.1) is 29.2 Å². The van der Waals surface area contributed by atoms with Crippen LogP contribution in [-0.2, 0) is 9.53 Å². The number of nitrogens with one attached hydrogen (secondary N) is 1. The number of nitrogens with zero attached hydrogens (tertiary/aromatic N) is 2. The Morgan fingerprint density at radius 3 is 2.77 bits per heavy atom. The minimum Gasteiger partial charge on any atom is -0.463 e. The van der Waals surface area contributed by atoms with Crippen LogP contribution in [0.2, 0.25) is 5.02 Å². The van der Waals surface area contributed by atoms with Crippen LogP contribution < -0.4 is 15.1 Å². The molecule has 158 valence electrons. The lowest BCUT2D eigenvalue weighted by atomic mass is 10.1. The Balaban J connectivity index is 1.72. The van der Waals surface area contributed by atoms with Gasteiger partial charge < -0.3 is 19.9 Å². The summed E-state index contributed by atoms with van der Waals surface area (Å²) in [7, 11) is 1.78. The first-order valence-corrected chi connectivity index (χ1v) is 10.4. The Labute approximate surface area is 182 Å². The van der Waals surface area contributed by atoms with Gasteiger partial charge in [-0.1, -0.05) is 29.8 Å². The number of halogens is 1. The molecule has 1 N–H and O–H groups in total. The number of amides is 1. The maximum absolute atomic E-state index is 13.0. The third-order valence-corrected chi connectivity index (χ3v) is 5.09. The smallest absolute Gasteiger partial charge is 0.330 e. The van der Waals surface area contributed by atoms with E-state index < -0.39 is 0 Å². The highest BCUT2D eigenvalue weighted by atomic mass is 35.5. The average molecular weight is 428 g/mol. The fourth-order valence-corrected chi connectivity index (χ4v) is 3.61. The van der Waals surface area contributed by atoms with E-state index in [1.165, 1.54) is 6.08 Å². The van der Waals surface area contributed by atoms with E-state index in [0.717, 1.165) is 30.0 Å². The maximum Gasteiger partial charge on any atom is 0.330 e. The summed E-state index contributed by atoms with van der Waals surface area (Å²) in [6.07, 6.45) is 4.02. The van der Waals surface area contributed by atoms with Crippen LogP contribution in [0.1, 0.15) is 23.7 Å². The summed E-state index contributed by atoms with van der Waals surface area (Å²) in [5, 5.41) is 3.92. The summed E-state index contributed by atoms with van der Waals surface area (Å²) in [5.41, 5.74) is 3.27. The molecule has 0 atom stereocenters. The quantitative estimate of drug-likeness (QED) is 0.389. The van der Waals surface area contributed by atoms with Crippen LogP contribution >= 0.6 is 11.6 Å². The zero-order valence-electron chi connectivity index (χ0n) is 17.2. The highest BCUT2D eigenvalue weighted by Gasteiger charge is 2.28. The van der Waals surface area contributed by atoms with E-state index >= 15 is 0 Å². The van der Waals surface area contributed by atoms with E-state index in [4.69, 9.17) is 16.3 Å². The summed E-state index contributed by atoms with van der Waals surface area (Å²) in [6, 6.07) is 13.2. The van der Waals surface area contributed by atoms with Crippen molar-refractivity contribution in [1.82, 2.24) is 5.32 Å². The fourth-order valence-electron chi connectivity index (χ4n) is 3.44. The zero-order valence-corrected chi connectivity index (χ0v) is 18.0. The molecular weight excluding hydrogens is 402 g/mol. The van der Waals surface area contributed by atoms with Crippen molar-refractivity contribution in [1.29, 1.82) is 0 Å². The number of fused-ring (bicyclic) bond motifs is 2. The molecule has 0 spiro atoms. The summed E-state index contributed by atoms with van der Waals surface area (Å²) >= 11 is 6.29. The number of ether oxygens (including phenoxy) is 1. The Morgan fingerprint density at radius 1 is 1.17 bits per heavy atom. The van der Waals surface area contributed by atoms with Crippen molar-refractivity contribution in [3.63, 3.8) is 0 Å². The second-order valence-electron chi connectivity index (χ2n) is 6.88. The number of esters is 1. The van der Waals surface area contributed by atoms with Crippen LogP contribution in [0.5, 0.6) is 0 Å². The lowest BCUT2D eigenvalue weighted by molar-refractivity contribution is -0.137. The van der Waals surface area contributed by atoms with E-state index in [-0.39, 0.29) is 11.9 Å². The molecule has 0 bridgehead atoms. The van der Waals surface area contributed by atoms with Gasteiger partial charge in [-0.2, -0.15) is 0 Å². The first-order valence-electron chi connectivity index (χ1n) is 10.0. The molecule has 0 unspecified atom stereocenters. The SMILES string of the molecule is CCOC(=O)/C=C/CNCCCN1c2ccccc2C(=O)N(C)c2ccc(Cl)cc21. The summed E-state index contributed by atoms with van der Waals surface area (Å²) < 4.78 is 4.85. The highest BCUT2D eigenvalue weighted by Crippen LogP contribution is 2.41. The number of hydrogen-bond acceptors (Lipinski definition) is 5. The van der Waals surface area contributed by atoms with Crippen LogP contribution in [0, 0.1) is 0 Å². The molecule has 0 aliphatic carbocycles. The highest BCUT2D eigenvalue weighted by molar-refractivity contribution is 6.31. The molecule has 2 aromatic carbocycles. The number of anilines is 3. The van der Waals surface area contributed by atoms with E-state index in [1.54, 1.807) is 31.0 Å². The molecule has 0 saturated carbocycles. The van der Waals surface area contributed by atoms with Crippen LogP contribution in [0.3, 0.4) is 0 Å². The van der Waals surface area contributed by atoms with Crippen molar-refractivity contribution in [2.75, 3.05) is 43.1 Å². The molecule has 1 heterocycles. The van der Waals surface area contributed by atoms with Crippen molar-refractivity contribution in [2.24, 2.45) is 0 Å². The third kappa shape index (κ3) is 5.01. The topological polar surface area (TPSA) is 61.9 Å². The first-order chi connectivity index (χ1) is 14.5. The first kappa shape index (κ1) is 21.9. The largest absolute Gasteiger partial charge is 0.463 e.